The maximum Gasteiger partial charge on any atom is 0.306 e. The molecule has 0 aliphatic carbocycles. The second-order valence-corrected chi connectivity index (χ2v) is 7.11. The number of hydrogen-bond donors (Lipinski definition) is 0. The smallest absolute Gasteiger partial charge is 0.306 e. The molecule has 2 heterocycles. The van der Waals surface area contributed by atoms with E-state index in [1.807, 2.05) is 54.1 Å². The van der Waals surface area contributed by atoms with Crippen LogP contribution >= 0.6 is 0 Å². The summed E-state index contributed by atoms with van der Waals surface area (Å²) in [6.45, 7) is 2.16. The van der Waals surface area contributed by atoms with E-state index in [2.05, 4.69) is 9.97 Å². The number of pyridine rings is 1. The van der Waals surface area contributed by atoms with Gasteiger partial charge in [-0.2, -0.15) is 0 Å². The lowest BCUT2D eigenvalue weighted by atomic mass is 10.1. The zero-order valence-electron chi connectivity index (χ0n) is 17.2. The van der Waals surface area contributed by atoms with Crippen LogP contribution in [0.2, 0.25) is 0 Å². The predicted octanol–water partition coefficient (Wildman–Crippen LogP) is 5.31. The number of ketones is 1. The molecule has 2 aromatic heterocycles. The molecule has 0 amide bonds. The first kappa shape index (κ1) is 20.3. The van der Waals surface area contributed by atoms with Crippen LogP contribution in [-0.2, 0) is 0 Å². The number of aromatic nitrogens is 2. The molecule has 0 saturated heterocycles. The summed E-state index contributed by atoms with van der Waals surface area (Å²) in [4.78, 5) is 24.8. The number of anilines is 4. The maximum atomic E-state index is 13.1. The highest BCUT2D eigenvalue weighted by Crippen LogP contribution is 2.37. The van der Waals surface area contributed by atoms with Gasteiger partial charge >= 0.3 is 6.01 Å². The molecule has 4 aromatic rings. The van der Waals surface area contributed by atoms with E-state index >= 15 is 0 Å². The predicted molar refractivity (Wildman–Crippen MR) is 118 cm³/mol. The molecule has 0 bridgehead atoms. The van der Waals surface area contributed by atoms with Crippen LogP contribution in [0.15, 0.2) is 83.9 Å². The highest BCUT2D eigenvalue weighted by molar-refractivity contribution is 5.99. The van der Waals surface area contributed by atoms with Crippen LogP contribution in [0.5, 0.6) is 0 Å². The number of carbonyl (C=O) groups excluding carboxylic acids is 1. The van der Waals surface area contributed by atoms with Gasteiger partial charge in [0.1, 0.15) is 12.1 Å². The third-order valence-electron chi connectivity index (χ3n) is 4.95. The molecule has 0 fully saturated rings. The van der Waals surface area contributed by atoms with Crippen LogP contribution in [-0.4, -0.2) is 29.3 Å². The molecule has 4 rings (SSSR count). The van der Waals surface area contributed by atoms with Crippen molar-refractivity contribution in [3.8, 4) is 0 Å². The van der Waals surface area contributed by atoms with Crippen LogP contribution in [0.1, 0.15) is 15.9 Å². The Balaban J connectivity index is 1.65. The molecule has 6 nitrogen and oxygen atoms in total. The fourth-order valence-electron chi connectivity index (χ4n) is 3.28. The molecule has 7 heteroatoms. The van der Waals surface area contributed by atoms with Crippen LogP contribution in [0, 0.1) is 12.7 Å². The van der Waals surface area contributed by atoms with Crippen molar-refractivity contribution in [3.63, 3.8) is 0 Å². The van der Waals surface area contributed by atoms with Gasteiger partial charge in [0.2, 0.25) is 0 Å². The number of likely N-dealkylation sites (N-methyl/N-ethyl adjacent to an activating group) is 1. The molecule has 156 valence electrons. The van der Waals surface area contributed by atoms with Crippen molar-refractivity contribution in [3.05, 3.63) is 96.4 Å². The average Bonchev–Trinajstić information content (AvgIpc) is 3.30. The van der Waals surface area contributed by atoms with Gasteiger partial charge in [-0.3, -0.25) is 14.7 Å². The van der Waals surface area contributed by atoms with Crippen molar-refractivity contribution in [2.24, 2.45) is 0 Å². The molecule has 0 N–H and O–H groups in total. The number of rotatable bonds is 7. The van der Waals surface area contributed by atoms with Crippen LogP contribution in [0.4, 0.5) is 27.5 Å². The lowest BCUT2D eigenvalue weighted by molar-refractivity contribution is 0.100. The van der Waals surface area contributed by atoms with E-state index < -0.39 is 0 Å². The Morgan fingerprint density at radius 3 is 2.42 bits per heavy atom. The second-order valence-electron chi connectivity index (χ2n) is 7.11. The topological polar surface area (TPSA) is 62.5 Å². The zero-order chi connectivity index (χ0) is 21.8. The van der Waals surface area contributed by atoms with Crippen molar-refractivity contribution in [2.75, 3.05) is 23.4 Å². The fourth-order valence-corrected chi connectivity index (χ4v) is 3.28. The third-order valence-corrected chi connectivity index (χ3v) is 4.95. The number of benzene rings is 2. The molecule has 0 aliphatic rings. The van der Waals surface area contributed by atoms with Crippen molar-refractivity contribution < 1.29 is 13.6 Å². The van der Waals surface area contributed by atoms with Crippen LogP contribution < -0.4 is 9.80 Å². The normalized spacial score (nSPS) is 10.7. The van der Waals surface area contributed by atoms with Crippen LogP contribution in [0.25, 0.3) is 0 Å². The average molecular weight is 416 g/mol. The minimum absolute atomic E-state index is 0.0942. The first-order valence-corrected chi connectivity index (χ1v) is 9.73. The van der Waals surface area contributed by atoms with E-state index in [4.69, 9.17) is 4.42 Å². The first-order chi connectivity index (χ1) is 15.0. The van der Waals surface area contributed by atoms with Gasteiger partial charge in [0.25, 0.3) is 0 Å². The van der Waals surface area contributed by atoms with Gasteiger partial charge in [-0.15, -0.1) is 0 Å². The summed E-state index contributed by atoms with van der Waals surface area (Å²) in [5, 5.41) is 0. The van der Waals surface area contributed by atoms with E-state index in [9.17, 15) is 9.18 Å². The molecule has 0 atom stereocenters. The minimum atomic E-state index is -0.365. The Labute approximate surface area is 179 Å². The lowest BCUT2D eigenvalue weighted by Gasteiger charge is -2.25. The number of halogens is 1. The molecule has 0 spiro atoms. The van der Waals surface area contributed by atoms with E-state index in [1.54, 1.807) is 18.6 Å². The van der Waals surface area contributed by atoms with E-state index in [0.29, 0.717) is 11.6 Å². The number of carbonyl (C=O) groups is 1. The highest BCUT2D eigenvalue weighted by Gasteiger charge is 2.20. The van der Waals surface area contributed by atoms with Gasteiger partial charge < -0.3 is 9.32 Å². The summed E-state index contributed by atoms with van der Waals surface area (Å²) in [6.07, 6.45) is 6.53. The lowest BCUT2D eigenvalue weighted by Crippen LogP contribution is -2.26. The van der Waals surface area contributed by atoms with Gasteiger partial charge in [0.05, 0.1) is 24.1 Å². The van der Waals surface area contributed by atoms with E-state index in [-0.39, 0.29) is 18.1 Å². The zero-order valence-corrected chi connectivity index (χ0v) is 17.2. The monoisotopic (exact) mass is 416 g/mol. The van der Waals surface area contributed by atoms with Gasteiger partial charge in [0.15, 0.2) is 5.78 Å². The molecule has 0 radical (unpaired) electrons. The van der Waals surface area contributed by atoms with E-state index in [0.717, 1.165) is 22.6 Å². The van der Waals surface area contributed by atoms with Gasteiger partial charge in [-0.1, -0.05) is 6.07 Å². The minimum Gasteiger partial charge on any atom is -0.432 e. The van der Waals surface area contributed by atoms with Crippen molar-refractivity contribution in [1.82, 2.24) is 9.97 Å². The quantitative estimate of drug-likeness (QED) is 0.381. The fraction of sp³-hybridized carbons (Fsp3) is 0.125. The third kappa shape index (κ3) is 4.45. The molecule has 0 aliphatic heterocycles. The Kier molecular flexibility index (Phi) is 5.75. The molecule has 0 saturated carbocycles. The number of Topliss-reactive ketones (excluding diaryl/α,β-unsaturated/α-hetero) is 1. The Hall–Kier alpha value is -4.00. The number of nitrogens with zero attached hydrogens (tertiary/aromatic N) is 4. The molecule has 0 unspecified atom stereocenters. The summed E-state index contributed by atoms with van der Waals surface area (Å²) in [6, 6.07) is 15.7. The summed E-state index contributed by atoms with van der Waals surface area (Å²) < 4.78 is 18.7. The van der Waals surface area contributed by atoms with Crippen molar-refractivity contribution in [2.45, 2.75) is 6.92 Å². The Morgan fingerprint density at radius 2 is 1.74 bits per heavy atom. The Bertz CT molecular complexity index is 1160. The Morgan fingerprint density at radius 1 is 1.00 bits per heavy atom. The standard InChI is InChI=1S/C24H21FN4O2/c1-17-3-8-21(28(2)16-23(30)18-4-6-19(25)7-5-18)15-22(17)29(24-27-13-14-31-24)20-9-11-26-12-10-20/h3-15H,16H2,1-2H3. The molecular formula is C24H21FN4O2. The number of aryl methyl sites for hydroxylation is 1. The maximum absolute atomic E-state index is 13.1. The molecule has 31 heavy (non-hydrogen) atoms. The summed E-state index contributed by atoms with van der Waals surface area (Å²) in [7, 11) is 1.85. The number of oxazole rings is 1. The SMILES string of the molecule is Cc1ccc(N(C)CC(=O)c2ccc(F)cc2)cc1N(c1ccncc1)c1ncco1. The largest absolute Gasteiger partial charge is 0.432 e. The first-order valence-electron chi connectivity index (χ1n) is 9.73. The van der Waals surface area contributed by atoms with Crippen molar-refractivity contribution >= 4 is 28.9 Å². The van der Waals surface area contributed by atoms with E-state index in [1.165, 1.54) is 30.5 Å². The summed E-state index contributed by atoms with van der Waals surface area (Å²) in [5.41, 5.74) is 4.05. The highest BCUT2D eigenvalue weighted by atomic mass is 19.1. The summed E-state index contributed by atoms with van der Waals surface area (Å²) in [5.74, 6) is -0.459. The van der Waals surface area contributed by atoms with Gasteiger partial charge in [-0.25, -0.2) is 9.37 Å². The second kappa shape index (κ2) is 8.79. The van der Waals surface area contributed by atoms with Gasteiger partial charge in [0, 0.05) is 30.7 Å². The number of hydrogen-bond acceptors (Lipinski definition) is 6. The molecular weight excluding hydrogens is 395 g/mol. The summed E-state index contributed by atoms with van der Waals surface area (Å²) >= 11 is 0. The van der Waals surface area contributed by atoms with Crippen molar-refractivity contribution in [1.29, 1.82) is 0 Å². The van der Waals surface area contributed by atoms with Gasteiger partial charge in [-0.05, 0) is 61.0 Å². The molecule has 2 aromatic carbocycles. The van der Waals surface area contributed by atoms with Crippen LogP contribution in [0.3, 0.4) is 0 Å².